The van der Waals surface area contributed by atoms with Crippen molar-refractivity contribution in [2.24, 2.45) is 0 Å². The summed E-state index contributed by atoms with van der Waals surface area (Å²) in [7, 11) is 0. The lowest BCUT2D eigenvalue weighted by Gasteiger charge is -2.12. The Morgan fingerprint density at radius 3 is 2.40 bits per heavy atom. The second-order valence-corrected chi connectivity index (χ2v) is 6.33. The van der Waals surface area contributed by atoms with Crippen LogP contribution in [-0.2, 0) is 6.42 Å². The number of rotatable bonds is 5. The van der Waals surface area contributed by atoms with E-state index in [1.807, 2.05) is 31.2 Å². The van der Waals surface area contributed by atoms with Crippen LogP contribution in [0.5, 0.6) is 0 Å². The second-order valence-electron chi connectivity index (χ2n) is 6.33. The molecule has 25 heavy (non-hydrogen) atoms. The van der Waals surface area contributed by atoms with E-state index in [2.05, 4.69) is 15.6 Å². The minimum Gasteiger partial charge on any atom is -0.348 e. The van der Waals surface area contributed by atoms with Crippen molar-refractivity contribution in [3.63, 3.8) is 0 Å². The van der Waals surface area contributed by atoms with Crippen molar-refractivity contribution < 1.29 is 9.59 Å². The van der Waals surface area contributed by atoms with E-state index in [0.717, 1.165) is 43.4 Å². The average Bonchev–Trinajstić information content (AvgIpc) is 3.15. The van der Waals surface area contributed by atoms with Crippen LogP contribution in [0.15, 0.2) is 42.5 Å². The standard InChI is InChI=1S/C20H23N3O2/c1-2-14-8-3-6-11-16(14)23-20(25)18-13-7-12-17(22-18)19(24)21-15-9-4-5-10-15/h3,6-8,11-13,15H,2,4-5,9-10H2,1H3,(H,21,24)(H,23,25). The van der Waals surface area contributed by atoms with Crippen LogP contribution >= 0.6 is 0 Å². The van der Waals surface area contributed by atoms with E-state index < -0.39 is 0 Å². The third-order valence-electron chi connectivity index (χ3n) is 4.55. The Morgan fingerprint density at radius 2 is 1.68 bits per heavy atom. The number of carbonyl (C=O) groups is 2. The molecule has 0 bridgehead atoms. The summed E-state index contributed by atoms with van der Waals surface area (Å²) in [6.07, 6.45) is 5.16. The SMILES string of the molecule is CCc1ccccc1NC(=O)c1cccc(C(=O)NC2CCCC2)n1. The summed E-state index contributed by atoms with van der Waals surface area (Å²) in [4.78, 5) is 29.1. The van der Waals surface area contributed by atoms with Crippen LogP contribution in [0.3, 0.4) is 0 Å². The second kappa shape index (κ2) is 7.92. The first-order valence-corrected chi connectivity index (χ1v) is 8.84. The van der Waals surface area contributed by atoms with Gasteiger partial charge >= 0.3 is 0 Å². The van der Waals surface area contributed by atoms with Gasteiger partial charge in [-0.25, -0.2) is 4.98 Å². The topological polar surface area (TPSA) is 71.1 Å². The number of pyridine rings is 1. The molecule has 0 spiro atoms. The van der Waals surface area contributed by atoms with Gasteiger partial charge in [0.15, 0.2) is 0 Å². The Labute approximate surface area is 147 Å². The molecule has 0 saturated heterocycles. The van der Waals surface area contributed by atoms with Crippen molar-refractivity contribution in [2.75, 3.05) is 5.32 Å². The molecule has 1 aromatic heterocycles. The monoisotopic (exact) mass is 337 g/mol. The highest BCUT2D eigenvalue weighted by Gasteiger charge is 2.19. The number of nitrogens with zero attached hydrogens (tertiary/aromatic N) is 1. The molecule has 5 nitrogen and oxygen atoms in total. The number of carbonyl (C=O) groups excluding carboxylic acids is 2. The summed E-state index contributed by atoms with van der Waals surface area (Å²) < 4.78 is 0. The molecule has 0 atom stereocenters. The maximum Gasteiger partial charge on any atom is 0.274 e. The van der Waals surface area contributed by atoms with Crippen molar-refractivity contribution in [3.8, 4) is 0 Å². The Morgan fingerprint density at radius 1 is 1.00 bits per heavy atom. The fourth-order valence-corrected chi connectivity index (χ4v) is 3.15. The largest absolute Gasteiger partial charge is 0.348 e. The van der Waals surface area contributed by atoms with Crippen LogP contribution in [0.2, 0.25) is 0 Å². The molecule has 1 aromatic carbocycles. The highest BCUT2D eigenvalue weighted by Crippen LogP contribution is 2.18. The number of aromatic nitrogens is 1. The molecule has 0 unspecified atom stereocenters. The fourth-order valence-electron chi connectivity index (χ4n) is 3.15. The molecule has 0 radical (unpaired) electrons. The molecule has 2 aromatic rings. The molecule has 1 heterocycles. The maximum atomic E-state index is 12.5. The molecule has 130 valence electrons. The van der Waals surface area contributed by atoms with E-state index in [1.54, 1.807) is 18.2 Å². The Kier molecular flexibility index (Phi) is 5.43. The van der Waals surface area contributed by atoms with Crippen molar-refractivity contribution in [3.05, 3.63) is 59.4 Å². The van der Waals surface area contributed by atoms with Crippen LogP contribution in [0, 0.1) is 0 Å². The van der Waals surface area contributed by atoms with Gasteiger partial charge in [0.05, 0.1) is 0 Å². The third kappa shape index (κ3) is 4.24. The van der Waals surface area contributed by atoms with E-state index in [1.165, 1.54) is 0 Å². The first kappa shape index (κ1) is 17.1. The summed E-state index contributed by atoms with van der Waals surface area (Å²) in [6.45, 7) is 2.04. The predicted octanol–water partition coefficient (Wildman–Crippen LogP) is 3.57. The molecule has 3 rings (SSSR count). The zero-order chi connectivity index (χ0) is 17.6. The number of para-hydroxylation sites is 1. The minimum absolute atomic E-state index is 0.212. The van der Waals surface area contributed by atoms with Crippen molar-refractivity contribution in [1.29, 1.82) is 0 Å². The number of aryl methyl sites for hydroxylation is 1. The average molecular weight is 337 g/mol. The number of hydrogen-bond acceptors (Lipinski definition) is 3. The Hall–Kier alpha value is -2.69. The van der Waals surface area contributed by atoms with Gasteiger partial charge in [-0.2, -0.15) is 0 Å². The van der Waals surface area contributed by atoms with E-state index in [0.29, 0.717) is 0 Å². The van der Waals surface area contributed by atoms with Gasteiger partial charge in [-0.3, -0.25) is 9.59 Å². The van der Waals surface area contributed by atoms with E-state index in [9.17, 15) is 9.59 Å². The lowest BCUT2D eigenvalue weighted by molar-refractivity contribution is 0.0932. The van der Waals surface area contributed by atoms with Crippen LogP contribution in [0.4, 0.5) is 5.69 Å². The van der Waals surface area contributed by atoms with Crippen LogP contribution in [0.1, 0.15) is 59.1 Å². The van der Waals surface area contributed by atoms with Crippen LogP contribution in [0.25, 0.3) is 0 Å². The molecule has 0 aliphatic heterocycles. The molecular weight excluding hydrogens is 314 g/mol. The maximum absolute atomic E-state index is 12.5. The van der Waals surface area contributed by atoms with Crippen LogP contribution < -0.4 is 10.6 Å². The summed E-state index contributed by atoms with van der Waals surface area (Å²) in [5.41, 5.74) is 2.36. The summed E-state index contributed by atoms with van der Waals surface area (Å²) >= 11 is 0. The molecular formula is C20H23N3O2. The molecule has 1 saturated carbocycles. The highest BCUT2D eigenvalue weighted by atomic mass is 16.2. The normalized spacial score (nSPS) is 14.3. The third-order valence-corrected chi connectivity index (χ3v) is 4.55. The number of hydrogen-bond donors (Lipinski definition) is 2. The van der Waals surface area contributed by atoms with Gasteiger partial charge in [0.1, 0.15) is 11.4 Å². The van der Waals surface area contributed by atoms with Crippen molar-refractivity contribution >= 4 is 17.5 Å². The summed E-state index contributed by atoms with van der Waals surface area (Å²) in [5, 5.41) is 5.88. The van der Waals surface area contributed by atoms with Gasteiger partial charge in [-0.15, -0.1) is 0 Å². The van der Waals surface area contributed by atoms with Crippen LogP contribution in [-0.4, -0.2) is 22.8 Å². The molecule has 2 amide bonds. The fraction of sp³-hybridized carbons (Fsp3) is 0.350. The lowest BCUT2D eigenvalue weighted by atomic mass is 10.1. The highest BCUT2D eigenvalue weighted by molar-refractivity contribution is 6.04. The number of anilines is 1. The van der Waals surface area contributed by atoms with Crippen molar-refractivity contribution in [1.82, 2.24) is 10.3 Å². The smallest absolute Gasteiger partial charge is 0.274 e. The number of nitrogens with one attached hydrogen (secondary N) is 2. The summed E-state index contributed by atoms with van der Waals surface area (Å²) in [5.74, 6) is -0.521. The number of amides is 2. The Bertz CT molecular complexity index is 767. The number of benzene rings is 1. The van der Waals surface area contributed by atoms with Gasteiger partial charge in [0, 0.05) is 11.7 Å². The van der Waals surface area contributed by atoms with Crippen molar-refractivity contribution in [2.45, 2.75) is 45.1 Å². The minimum atomic E-state index is -0.309. The molecule has 1 fully saturated rings. The van der Waals surface area contributed by atoms with Gasteiger partial charge < -0.3 is 10.6 Å². The van der Waals surface area contributed by atoms with E-state index in [-0.39, 0.29) is 29.2 Å². The van der Waals surface area contributed by atoms with Gasteiger partial charge in [0.2, 0.25) is 0 Å². The van der Waals surface area contributed by atoms with Gasteiger partial charge in [0.25, 0.3) is 11.8 Å². The predicted molar refractivity (Wildman–Crippen MR) is 97.7 cm³/mol. The Balaban J connectivity index is 1.71. The summed E-state index contributed by atoms with van der Waals surface area (Å²) in [6, 6.07) is 12.9. The first-order chi connectivity index (χ1) is 12.2. The molecule has 2 N–H and O–H groups in total. The zero-order valence-electron chi connectivity index (χ0n) is 14.4. The molecule has 5 heteroatoms. The van der Waals surface area contributed by atoms with E-state index >= 15 is 0 Å². The molecule has 1 aliphatic rings. The zero-order valence-corrected chi connectivity index (χ0v) is 14.4. The first-order valence-electron chi connectivity index (χ1n) is 8.84. The quantitative estimate of drug-likeness (QED) is 0.876. The van der Waals surface area contributed by atoms with Gasteiger partial charge in [-0.1, -0.05) is 44.0 Å². The molecule has 1 aliphatic carbocycles. The van der Waals surface area contributed by atoms with Gasteiger partial charge in [-0.05, 0) is 43.0 Å². The lowest BCUT2D eigenvalue weighted by Crippen LogP contribution is -2.33. The van der Waals surface area contributed by atoms with E-state index in [4.69, 9.17) is 0 Å².